The lowest BCUT2D eigenvalue weighted by molar-refractivity contribution is -0.404. The number of nitro groups is 1. The molecule has 9 heteroatoms. The van der Waals surface area contributed by atoms with E-state index in [9.17, 15) is 10.1 Å². The third kappa shape index (κ3) is 6.73. The molecule has 1 N–H and O–H groups in total. The maximum Gasteiger partial charge on any atom is 0.274 e. The molecule has 0 saturated carbocycles. The second-order valence-electron chi connectivity index (χ2n) is 8.88. The normalized spacial score (nSPS) is 19.1. The standard InChI is InChI=1S/C26H29N5O3S/c1-26(2)19-34-25(29-26)23-16-30(13-10-22(23)21-8-4-3-5-9-21)24(17-31(32)33)28-12-14-35-18-20-7-6-11-27-15-20/h3-11,13,15-17,22,28H,12,14,18-19H2,1-2H3/b24-17+. The van der Waals surface area contributed by atoms with Crippen molar-refractivity contribution >= 4 is 17.7 Å². The fourth-order valence-corrected chi connectivity index (χ4v) is 4.60. The maximum atomic E-state index is 11.4. The number of allylic oxidation sites excluding steroid dienone is 1. The Morgan fingerprint density at radius 2 is 2.14 bits per heavy atom. The van der Waals surface area contributed by atoms with Crippen LogP contribution in [-0.2, 0) is 10.5 Å². The first kappa shape index (κ1) is 24.5. The minimum atomic E-state index is -0.442. The molecule has 1 aromatic heterocycles. The van der Waals surface area contributed by atoms with Gasteiger partial charge in [0.25, 0.3) is 6.20 Å². The molecule has 8 nitrogen and oxygen atoms in total. The van der Waals surface area contributed by atoms with E-state index in [1.807, 2.05) is 68.9 Å². The van der Waals surface area contributed by atoms with Crippen molar-refractivity contribution in [1.29, 1.82) is 0 Å². The number of thioether (sulfide) groups is 1. The highest BCUT2D eigenvalue weighted by Gasteiger charge is 2.33. The molecule has 0 fully saturated rings. The van der Waals surface area contributed by atoms with Gasteiger partial charge in [-0.2, -0.15) is 11.8 Å². The van der Waals surface area contributed by atoms with Gasteiger partial charge in [0, 0.05) is 54.3 Å². The Balaban J connectivity index is 1.50. The van der Waals surface area contributed by atoms with E-state index in [1.54, 1.807) is 22.9 Å². The van der Waals surface area contributed by atoms with Gasteiger partial charge in [-0.15, -0.1) is 0 Å². The van der Waals surface area contributed by atoms with E-state index in [1.165, 1.54) is 0 Å². The van der Waals surface area contributed by atoms with Gasteiger partial charge in [0.2, 0.25) is 5.90 Å². The quantitative estimate of drug-likeness (QED) is 0.293. The third-order valence-electron chi connectivity index (χ3n) is 5.47. The number of nitrogens with one attached hydrogen (secondary N) is 1. The average Bonchev–Trinajstić information content (AvgIpc) is 3.23. The highest BCUT2D eigenvalue weighted by molar-refractivity contribution is 7.98. The fraction of sp³-hybridized carbons (Fsp3) is 0.308. The van der Waals surface area contributed by atoms with E-state index >= 15 is 0 Å². The van der Waals surface area contributed by atoms with Crippen molar-refractivity contribution in [2.45, 2.75) is 31.1 Å². The number of nitrogens with zero attached hydrogens (tertiary/aromatic N) is 4. The van der Waals surface area contributed by atoms with Gasteiger partial charge in [-0.3, -0.25) is 15.1 Å². The van der Waals surface area contributed by atoms with Crippen LogP contribution >= 0.6 is 11.8 Å². The van der Waals surface area contributed by atoms with Crippen molar-refractivity contribution in [2.75, 3.05) is 18.9 Å². The highest BCUT2D eigenvalue weighted by atomic mass is 32.2. The zero-order valence-corrected chi connectivity index (χ0v) is 20.6. The number of aliphatic imine (C=N–C) groups is 1. The van der Waals surface area contributed by atoms with Gasteiger partial charge < -0.3 is 15.0 Å². The summed E-state index contributed by atoms with van der Waals surface area (Å²) in [6.45, 7) is 5.12. The fourth-order valence-electron chi connectivity index (χ4n) is 3.81. The smallest absolute Gasteiger partial charge is 0.274 e. The summed E-state index contributed by atoms with van der Waals surface area (Å²) < 4.78 is 5.96. The topological polar surface area (TPSA) is 92.9 Å². The van der Waals surface area contributed by atoms with E-state index in [2.05, 4.69) is 22.4 Å². The second-order valence-corrected chi connectivity index (χ2v) is 9.99. The lowest BCUT2D eigenvalue weighted by Gasteiger charge is -2.28. The van der Waals surface area contributed by atoms with Crippen LogP contribution in [0.2, 0.25) is 0 Å². The number of hydrogen-bond donors (Lipinski definition) is 1. The Morgan fingerprint density at radius 1 is 1.31 bits per heavy atom. The summed E-state index contributed by atoms with van der Waals surface area (Å²) in [6, 6.07) is 14.0. The first-order valence-corrected chi connectivity index (χ1v) is 12.6. The number of ether oxygens (including phenoxy) is 1. The molecule has 1 unspecified atom stereocenters. The van der Waals surface area contributed by atoms with Gasteiger partial charge in [-0.05, 0) is 31.0 Å². The minimum Gasteiger partial charge on any atom is -0.475 e. The zero-order chi connectivity index (χ0) is 24.7. The number of rotatable bonds is 10. The van der Waals surface area contributed by atoms with Crippen LogP contribution in [0.1, 0.15) is 30.9 Å². The van der Waals surface area contributed by atoms with Crippen molar-refractivity contribution in [1.82, 2.24) is 15.2 Å². The molecule has 3 heterocycles. The number of pyridine rings is 1. The predicted octanol–water partition coefficient (Wildman–Crippen LogP) is 4.68. The van der Waals surface area contributed by atoms with Crippen LogP contribution in [0.25, 0.3) is 0 Å². The average molecular weight is 492 g/mol. The summed E-state index contributed by atoms with van der Waals surface area (Å²) >= 11 is 1.74. The summed E-state index contributed by atoms with van der Waals surface area (Å²) in [5, 5.41) is 14.6. The summed E-state index contributed by atoms with van der Waals surface area (Å²) in [6.07, 6.45) is 10.4. The van der Waals surface area contributed by atoms with Crippen LogP contribution in [0, 0.1) is 10.1 Å². The minimum absolute atomic E-state index is 0.0630. The summed E-state index contributed by atoms with van der Waals surface area (Å²) in [5.41, 5.74) is 2.81. The van der Waals surface area contributed by atoms with E-state index in [-0.39, 0.29) is 11.5 Å². The van der Waals surface area contributed by atoms with Gasteiger partial charge in [-0.1, -0.05) is 42.5 Å². The Bertz CT molecular complexity index is 1150. The molecule has 2 aliphatic rings. The third-order valence-corrected chi connectivity index (χ3v) is 6.50. The van der Waals surface area contributed by atoms with Crippen LogP contribution in [0.4, 0.5) is 0 Å². The zero-order valence-electron chi connectivity index (χ0n) is 19.8. The van der Waals surface area contributed by atoms with Crippen LogP contribution < -0.4 is 5.32 Å². The Morgan fingerprint density at radius 3 is 2.83 bits per heavy atom. The lowest BCUT2D eigenvalue weighted by Crippen LogP contribution is -2.30. The molecular formula is C26H29N5O3S. The number of aromatic nitrogens is 1. The first-order valence-electron chi connectivity index (χ1n) is 11.4. The molecule has 0 radical (unpaired) electrons. The van der Waals surface area contributed by atoms with E-state index in [0.717, 1.165) is 34.4 Å². The van der Waals surface area contributed by atoms with Crippen LogP contribution in [0.3, 0.4) is 0 Å². The van der Waals surface area contributed by atoms with Crippen LogP contribution in [0.15, 0.2) is 95.9 Å². The number of benzene rings is 1. The molecule has 4 rings (SSSR count). The monoisotopic (exact) mass is 491 g/mol. The van der Waals surface area contributed by atoms with Crippen LogP contribution in [0.5, 0.6) is 0 Å². The van der Waals surface area contributed by atoms with Crippen molar-refractivity contribution in [3.8, 4) is 0 Å². The van der Waals surface area contributed by atoms with Gasteiger partial charge >= 0.3 is 0 Å². The molecule has 1 atom stereocenters. The Labute approximate surface area is 209 Å². The molecule has 0 saturated heterocycles. The molecule has 35 heavy (non-hydrogen) atoms. The first-order chi connectivity index (χ1) is 16.9. The van der Waals surface area contributed by atoms with Crippen molar-refractivity contribution < 1.29 is 9.66 Å². The highest BCUT2D eigenvalue weighted by Crippen LogP contribution is 2.34. The summed E-state index contributed by atoms with van der Waals surface area (Å²) in [4.78, 5) is 21.6. The Kier molecular flexibility index (Phi) is 7.87. The molecule has 2 aromatic rings. The number of hydrogen-bond acceptors (Lipinski definition) is 8. The lowest BCUT2D eigenvalue weighted by atomic mass is 9.89. The van der Waals surface area contributed by atoms with E-state index < -0.39 is 4.92 Å². The maximum absolute atomic E-state index is 11.4. The van der Waals surface area contributed by atoms with Crippen molar-refractivity contribution in [2.24, 2.45) is 4.99 Å². The van der Waals surface area contributed by atoms with Crippen LogP contribution in [-0.4, -0.2) is 45.1 Å². The molecule has 0 spiro atoms. The van der Waals surface area contributed by atoms with E-state index in [0.29, 0.717) is 24.9 Å². The van der Waals surface area contributed by atoms with Gasteiger partial charge in [-0.25, -0.2) is 4.99 Å². The molecule has 0 aliphatic carbocycles. The summed E-state index contributed by atoms with van der Waals surface area (Å²) in [7, 11) is 0. The summed E-state index contributed by atoms with van der Waals surface area (Å²) in [5.74, 6) is 2.52. The van der Waals surface area contributed by atoms with Gasteiger partial charge in [0.1, 0.15) is 6.61 Å². The molecule has 2 aliphatic heterocycles. The molecular weight excluding hydrogens is 462 g/mol. The van der Waals surface area contributed by atoms with Crippen molar-refractivity contribution in [3.05, 3.63) is 112 Å². The molecule has 0 amide bonds. The van der Waals surface area contributed by atoms with Gasteiger partial charge in [0.15, 0.2) is 5.82 Å². The largest absolute Gasteiger partial charge is 0.475 e. The molecule has 1 aromatic carbocycles. The second kappa shape index (κ2) is 11.2. The van der Waals surface area contributed by atoms with E-state index in [4.69, 9.17) is 9.73 Å². The Hall–Kier alpha value is -3.59. The SMILES string of the molecule is CC1(C)COC(C2=CN(/C(=C/[N+](=O)[O-])NCCSCc3cccnc3)C=CC2c2ccccc2)=N1. The molecule has 0 bridgehead atoms. The molecule has 182 valence electrons. The van der Waals surface area contributed by atoms with Crippen molar-refractivity contribution in [3.63, 3.8) is 0 Å². The van der Waals surface area contributed by atoms with Gasteiger partial charge in [0.05, 0.1) is 10.5 Å². The predicted molar refractivity (Wildman–Crippen MR) is 139 cm³/mol.